The Morgan fingerprint density at radius 1 is 0.781 bits per heavy atom. The number of ether oxygens (including phenoxy) is 1. The smallest absolute Gasteiger partial charge is 0.416 e. The van der Waals surface area contributed by atoms with Gasteiger partial charge in [-0.3, -0.25) is 0 Å². The van der Waals surface area contributed by atoms with Gasteiger partial charge in [0.1, 0.15) is 11.5 Å². The highest BCUT2D eigenvalue weighted by atomic mass is 19.4. The summed E-state index contributed by atoms with van der Waals surface area (Å²) in [5.41, 5.74) is -2.93. The lowest BCUT2D eigenvalue weighted by Gasteiger charge is -2.13. The maximum absolute atomic E-state index is 13.1. The van der Waals surface area contributed by atoms with E-state index < -0.39 is 35.0 Å². The summed E-state index contributed by atoms with van der Waals surface area (Å²) in [6.45, 7) is 0. The average molecular weight is 451 g/mol. The van der Waals surface area contributed by atoms with Crippen LogP contribution in [0.2, 0.25) is 0 Å². The fourth-order valence-electron chi connectivity index (χ4n) is 2.93. The van der Waals surface area contributed by atoms with Gasteiger partial charge in [0.25, 0.3) is 0 Å². The summed E-state index contributed by atoms with van der Waals surface area (Å²) in [6, 6.07) is 12.2. The van der Waals surface area contributed by atoms with Crippen LogP contribution < -0.4 is 0 Å². The first-order chi connectivity index (χ1) is 15.0. The van der Waals surface area contributed by atoms with Crippen LogP contribution in [0.1, 0.15) is 22.5 Å². The van der Waals surface area contributed by atoms with Crippen molar-refractivity contribution in [2.75, 3.05) is 0 Å². The molecule has 1 aromatic heterocycles. The molecule has 2 heterocycles. The molecule has 0 saturated heterocycles. The van der Waals surface area contributed by atoms with E-state index in [0.717, 1.165) is 0 Å². The van der Waals surface area contributed by atoms with Crippen LogP contribution in [-0.2, 0) is 21.9 Å². The van der Waals surface area contributed by atoms with Gasteiger partial charge in [0.2, 0.25) is 5.90 Å². The van der Waals surface area contributed by atoms with Crippen molar-refractivity contribution in [3.8, 4) is 11.3 Å². The first-order valence-electron chi connectivity index (χ1n) is 8.98. The van der Waals surface area contributed by atoms with Crippen LogP contribution in [0, 0.1) is 0 Å². The lowest BCUT2D eigenvalue weighted by molar-refractivity contribution is -0.143. The predicted molar refractivity (Wildman–Crippen MR) is 101 cm³/mol. The van der Waals surface area contributed by atoms with Gasteiger partial charge in [-0.25, -0.2) is 9.79 Å². The Hall–Kier alpha value is -3.82. The molecule has 1 aliphatic rings. The SMILES string of the molecule is O=C1OC(c2ccccc2)=N/C1=C\c1ccc(-c2cc(C(F)(F)F)cc(C(F)(F)F)c2)o1. The molecule has 3 aromatic rings. The molecule has 0 bridgehead atoms. The van der Waals surface area contributed by atoms with E-state index in [-0.39, 0.29) is 29.2 Å². The van der Waals surface area contributed by atoms with E-state index in [1.807, 2.05) is 0 Å². The van der Waals surface area contributed by atoms with Crippen LogP contribution in [0.4, 0.5) is 26.3 Å². The van der Waals surface area contributed by atoms with E-state index in [9.17, 15) is 31.1 Å². The third kappa shape index (κ3) is 4.43. The Labute approximate surface area is 176 Å². The quantitative estimate of drug-likeness (QED) is 0.266. The Morgan fingerprint density at radius 2 is 1.41 bits per heavy atom. The number of alkyl halides is 6. The fraction of sp³-hybridized carbons (Fsp3) is 0.0909. The van der Waals surface area contributed by atoms with Crippen molar-refractivity contribution in [2.24, 2.45) is 4.99 Å². The number of aliphatic imine (C=N–C) groups is 1. The molecular formula is C22H11F6NO3. The summed E-state index contributed by atoms with van der Waals surface area (Å²) in [4.78, 5) is 16.1. The van der Waals surface area contributed by atoms with Crippen molar-refractivity contribution in [2.45, 2.75) is 12.4 Å². The minimum atomic E-state index is -4.98. The van der Waals surface area contributed by atoms with Crippen molar-refractivity contribution in [3.05, 3.63) is 88.8 Å². The number of esters is 1. The average Bonchev–Trinajstić information content (AvgIpc) is 3.34. The van der Waals surface area contributed by atoms with Crippen LogP contribution >= 0.6 is 0 Å². The Kier molecular flexibility index (Phi) is 5.15. The van der Waals surface area contributed by atoms with Crippen molar-refractivity contribution in [1.29, 1.82) is 0 Å². The second kappa shape index (κ2) is 7.70. The zero-order chi connectivity index (χ0) is 23.1. The summed E-state index contributed by atoms with van der Waals surface area (Å²) in [5, 5.41) is 0. The maximum atomic E-state index is 13.1. The zero-order valence-corrected chi connectivity index (χ0v) is 15.8. The first-order valence-corrected chi connectivity index (χ1v) is 8.98. The molecule has 0 N–H and O–H groups in total. The van der Waals surface area contributed by atoms with Crippen molar-refractivity contribution < 1.29 is 40.3 Å². The fourth-order valence-corrected chi connectivity index (χ4v) is 2.93. The standard InChI is InChI=1S/C22H11F6NO3/c23-21(24,25)14-8-13(9-15(10-14)22(26,27)28)18-7-6-16(31-18)11-17-20(30)32-19(29-17)12-4-2-1-3-5-12/h1-11H/b17-11-. The second-order valence-electron chi connectivity index (χ2n) is 6.70. The monoisotopic (exact) mass is 451 g/mol. The minimum Gasteiger partial charge on any atom is -0.457 e. The van der Waals surface area contributed by atoms with Crippen molar-refractivity contribution in [1.82, 2.24) is 0 Å². The molecule has 0 unspecified atom stereocenters. The number of rotatable bonds is 3. The third-order valence-corrected chi connectivity index (χ3v) is 4.42. The molecule has 0 amide bonds. The van der Waals surface area contributed by atoms with E-state index in [1.54, 1.807) is 30.3 Å². The second-order valence-corrected chi connectivity index (χ2v) is 6.70. The Bertz CT molecular complexity index is 1200. The topological polar surface area (TPSA) is 51.8 Å². The number of hydrogen-bond acceptors (Lipinski definition) is 4. The molecule has 2 aromatic carbocycles. The van der Waals surface area contributed by atoms with Gasteiger partial charge in [-0.05, 0) is 42.5 Å². The van der Waals surface area contributed by atoms with Crippen molar-refractivity contribution >= 4 is 17.9 Å². The number of furan rings is 1. The molecule has 0 fully saturated rings. The van der Waals surface area contributed by atoms with Gasteiger partial charge >= 0.3 is 18.3 Å². The third-order valence-electron chi connectivity index (χ3n) is 4.42. The Balaban J connectivity index is 1.69. The number of nitrogens with zero attached hydrogens (tertiary/aromatic N) is 1. The van der Waals surface area contributed by atoms with Gasteiger partial charge in [0.15, 0.2) is 5.70 Å². The number of cyclic esters (lactones) is 1. The minimum absolute atomic E-state index is 0.00372. The largest absolute Gasteiger partial charge is 0.457 e. The lowest BCUT2D eigenvalue weighted by Crippen LogP contribution is -2.11. The number of carbonyl (C=O) groups is 1. The van der Waals surface area contributed by atoms with E-state index >= 15 is 0 Å². The summed E-state index contributed by atoms with van der Waals surface area (Å²) in [6.07, 6.45) is -8.78. The van der Waals surface area contributed by atoms with E-state index in [1.165, 1.54) is 18.2 Å². The highest BCUT2D eigenvalue weighted by Gasteiger charge is 2.37. The normalized spacial score (nSPS) is 15.8. The summed E-state index contributed by atoms with van der Waals surface area (Å²) >= 11 is 0. The molecule has 0 saturated carbocycles. The molecule has 0 radical (unpaired) electrons. The molecule has 0 atom stereocenters. The molecule has 164 valence electrons. The van der Waals surface area contributed by atoms with E-state index in [2.05, 4.69) is 4.99 Å². The van der Waals surface area contributed by atoms with Gasteiger partial charge in [-0.1, -0.05) is 18.2 Å². The van der Waals surface area contributed by atoms with Crippen LogP contribution in [0.15, 0.2) is 75.8 Å². The van der Waals surface area contributed by atoms with Crippen LogP contribution in [0.5, 0.6) is 0 Å². The molecule has 4 rings (SSSR count). The predicted octanol–water partition coefficient (Wildman–Crippen LogP) is 6.33. The van der Waals surface area contributed by atoms with Gasteiger partial charge in [0.05, 0.1) is 11.1 Å². The number of hydrogen-bond donors (Lipinski definition) is 0. The van der Waals surface area contributed by atoms with Gasteiger partial charge in [0, 0.05) is 17.2 Å². The highest BCUT2D eigenvalue weighted by molar-refractivity contribution is 6.12. The summed E-state index contributed by atoms with van der Waals surface area (Å²) in [7, 11) is 0. The van der Waals surface area contributed by atoms with Crippen LogP contribution in [0.25, 0.3) is 17.4 Å². The molecule has 0 aliphatic carbocycles. The lowest BCUT2D eigenvalue weighted by atomic mass is 10.0. The maximum Gasteiger partial charge on any atom is 0.416 e. The van der Waals surface area contributed by atoms with E-state index in [0.29, 0.717) is 17.7 Å². The highest BCUT2D eigenvalue weighted by Crippen LogP contribution is 2.39. The first kappa shape index (κ1) is 21.4. The number of halogens is 6. The van der Waals surface area contributed by atoms with Gasteiger partial charge in [-0.15, -0.1) is 0 Å². The Morgan fingerprint density at radius 3 is 2.00 bits per heavy atom. The molecule has 32 heavy (non-hydrogen) atoms. The molecule has 0 spiro atoms. The van der Waals surface area contributed by atoms with Gasteiger partial charge < -0.3 is 9.15 Å². The number of carbonyl (C=O) groups excluding carboxylic acids is 1. The molecule has 4 nitrogen and oxygen atoms in total. The zero-order valence-electron chi connectivity index (χ0n) is 15.8. The van der Waals surface area contributed by atoms with Crippen molar-refractivity contribution in [3.63, 3.8) is 0 Å². The van der Waals surface area contributed by atoms with Crippen LogP contribution in [0.3, 0.4) is 0 Å². The van der Waals surface area contributed by atoms with E-state index in [4.69, 9.17) is 9.15 Å². The summed E-state index contributed by atoms with van der Waals surface area (Å²) in [5.74, 6) is -0.968. The van der Waals surface area contributed by atoms with Gasteiger partial charge in [-0.2, -0.15) is 26.3 Å². The molecule has 10 heteroatoms. The molecule has 1 aliphatic heterocycles. The summed E-state index contributed by atoms with van der Waals surface area (Å²) < 4.78 is 88.9. The molecular weight excluding hydrogens is 440 g/mol. The number of benzene rings is 2. The van der Waals surface area contributed by atoms with Crippen LogP contribution in [-0.4, -0.2) is 11.9 Å².